The highest BCUT2D eigenvalue weighted by Crippen LogP contribution is 2.16. The fraction of sp³-hybridized carbons (Fsp3) is 0.286. The van der Waals surface area contributed by atoms with Gasteiger partial charge in [0.25, 0.3) is 5.56 Å². The molecule has 0 bridgehead atoms. The number of hydrogen-bond donors (Lipinski definition) is 2. The van der Waals surface area contributed by atoms with Crippen LogP contribution in [0.5, 0.6) is 0 Å². The van der Waals surface area contributed by atoms with Crippen LogP contribution in [0.2, 0.25) is 0 Å². The Labute approximate surface area is 115 Å². The van der Waals surface area contributed by atoms with E-state index in [4.69, 9.17) is 4.74 Å². The van der Waals surface area contributed by atoms with Crippen LogP contribution >= 0.6 is 0 Å². The number of halogens is 1. The number of rotatable bonds is 6. The van der Waals surface area contributed by atoms with Crippen LogP contribution in [-0.2, 0) is 11.3 Å². The molecule has 0 amide bonds. The van der Waals surface area contributed by atoms with Crippen molar-refractivity contribution in [2.75, 3.05) is 20.3 Å². The van der Waals surface area contributed by atoms with Crippen LogP contribution in [0.1, 0.15) is 5.56 Å². The van der Waals surface area contributed by atoms with E-state index in [1.165, 1.54) is 12.1 Å². The van der Waals surface area contributed by atoms with E-state index in [0.717, 1.165) is 5.56 Å². The maximum Gasteiger partial charge on any atom is 0.268 e. The lowest BCUT2D eigenvalue weighted by molar-refractivity contribution is 0.199. The lowest BCUT2D eigenvalue weighted by atomic mass is 10.1. The number of aromatic nitrogens is 2. The highest BCUT2D eigenvalue weighted by atomic mass is 19.1. The molecule has 1 aromatic heterocycles. The maximum atomic E-state index is 12.9. The van der Waals surface area contributed by atoms with Crippen LogP contribution in [0.4, 0.5) is 4.39 Å². The summed E-state index contributed by atoms with van der Waals surface area (Å²) in [6, 6.07) is 7.67. The molecule has 1 heterocycles. The van der Waals surface area contributed by atoms with Crippen LogP contribution in [0.15, 0.2) is 35.1 Å². The summed E-state index contributed by atoms with van der Waals surface area (Å²) in [7, 11) is 1.62. The number of nitrogens with one attached hydrogen (secondary N) is 2. The van der Waals surface area contributed by atoms with Crippen molar-refractivity contribution in [3.8, 4) is 11.3 Å². The standard InChI is InChI=1S/C14H16FN3O2/c1-20-7-6-16-9-11-8-13(17-18-14(11)19)10-2-4-12(15)5-3-10/h2-5,8,16H,6-7,9H2,1H3,(H,18,19). The van der Waals surface area contributed by atoms with E-state index < -0.39 is 0 Å². The first-order valence-electron chi connectivity index (χ1n) is 6.25. The van der Waals surface area contributed by atoms with Crippen LogP contribution in [0.25, 0.3) is 11.3 Å². The molecule has 0 aliphatic heterocycles. The van der Waals surface area contributed by atoms with Gasteiger partial charge in [0.1, 0.15) is 5.82 Å². The normalized spacial score (nSPS) is 10.7. The van der Waals surface area contributed by atoms with E-state index in [2.05, 4.69) is 15.5 Å². The molecule has 5 nitrogen and oxygen atoms in total. The summed E-state index contributed by atoms with van der Waals surface area (Å²) in [5.41, 5.74) is 1.70. The fourth-order valence-electron chi connectivity index (χ4n) is 1.74. The van der Waals surface area contributed by atoms with Crippen LogP contribution in [-0.4, -0.2) is 30.5 Å². The zero-order valence-corrected chi connectivity index (χ0v) is 11.1. The number of methoxy groups -OCH3 is 1. The van der Waals surface area contributed by atoms with Gasteiger partial charge in [0, 0.05) is 31.3 Å². The van der Waals surface area contributed by atoms with Gasteiger partial charge in [-0.15, -0.1) is 0 Å². The minimum Gasteiger partial charge on any atom is -0.383 e. The average molecular weight is 277 g/mol. The van der Waals surface area contributed by atoms with Gasteiger partial charge in [0.05, 0.1) is 12.3 Å². The van der Waals surface area contributed by atoms with Crippen molar-refractivity contribution >= 4 is 0 Å². The molecule has 0 fully saturated rings. The molecule has 2 N–H and O–H groups in total. The van der Waals surface area contributed by atoms with E-state index in [0.29, 0.717) is 31.0 Å². The van der Waals surface area contributed by atoms with Gasteiger partial charge in [-0.2, -0.15) is 5.10 Å². The monoisotopic (exact) mass is 277 g/mol. The molecule has 106 valence electrons. The first-order valence-corrected chi connectivity index (χ1v) is 6.25. The van der Waals surface area contributed by atoms with Gasteiger partial charge in [0.15, 0.2) is 0 Å². The SMILES string of the molecule is COCCNCc1cc(-c2ccc(F)cc2)n[nH]c1=O. The lowest BCUT2D eigenvalue weighted by Gasteiger charge is -2.05. The quantitative estimate of drug-likeness (QED) is 0.781. The predicted molar refractivity (Wildman–Crippen MR) is 73.8 cm³/mol. The number of aromatic amines is 1. The van der Waals surface area contributed by atoms with Crippen molar-refractivity contribution < 1.29 is 9.13 Å². The molecule has 0 radical (unpaired) electrons. The highest BCUT2D eigenvalue weighted by Gasteiger charge is 2.05. The second-order valence-corrected chi connectivity index (χ2v) is 4.28. The van der Waals surface area contributed by atoms with E-state index in [1.54, 1.807) is 25.3 Å². The number of hydrogen-bond acceptors (Lipinski definition) is 4. The molecule has 0 spiro atoms. The Morgan fingerprint density at radius 2 is 2.10 bits per heavy atom. The molecule has 0 atom stereocenters. The Morgan fingerprint density at radius 3 is 2.80 bits per heavy atom. The lowest BCUT2D eigenvalue weighted by Crippen LogP contribution is -2.24. The molecule has 0 unspecified atom stereocenters. The molecule has 2 rings (SSSR count). The van der Waals surface area contributed by atoms with Crippen molar-refractivity contribution in [3.63, 3.8) is 0 Å². The zero-order chi connectivity index (χ0) is 14.4. The first kappa shape index (κ1) is 14.4. The summed E-state index contributed by atoms with van der Waals surface area (Å²) in [6.45, 7) is 1.66. The molecule has 0 saturated heterocycles. The van der Waals surface area contributed by atoms with E-state index in [1.807, 2.05) is 0 Å². The maximum absolute atomic E-state index is 12.9. The minimum absolute atomic E-state index is 0.235. The van der Waals surface area contributed by atoms with Crippen LogP contribution < -0.4 is 10.9 Å². The summed E-state index contributed by atoms with van der Waals surface area (Å²) < 4.78 is 17.8. The fourth-order valence-corrected chi connectivity index (χ4v) is 1.74. The summed E-state index contributed by atoms with van der Waals surface area (Å²) in [4.78, 5) is 11.7. The van der Waals surface area contributed by atoms with Crippen molar-refractivity contribution in [1.82, 2.24) is 15.5 Å². The van der Waals surface area contributed by atoms with Gasteiger partial charge in [-0.05, 0) is 30.3 Å². The van der Waals surface area contributed by atoms with Gasteiger partial charge in [-0.1, -0.05) is 0 Å². The third kappa shape index (κ3) is 3.72. The van der Waals surface area contributed by atoms with E-state index >= 15 is 0 Å². The Hall–Kier alpha value is -2.05. The van der Waals surface area contributed by atoms with Gasteiger partial charge in [0.2, 0.25) is 0 Å². The first-order chi connectivity index (χ1) is 9.70. The smallest absolute Gasteiger partial charge is 0.268 e. The number of nitrogens with zero attached hydrogens (tertiary/aromatic N) is 1. The highest BCUT2D eigenvalue weighted by molar-refractivity contribution is 5.58. The summed E-state index contributed by atoms with van der Waals surface area (Å²) in [5.74, 6) is -0.306. The minimum atomic E-state index is -0.306. The molecule has 6 heteroatoms. The molecule has 0 aliphatic rings. The van der Waals surface area contributed by atoms with Crippen LogP contribution in [0, 0.1) is 5.82 Å². The van der Waals surface area contributed by atoms with E-state index in [9.17, 15) is 9.18 Å². The summed E-state index contributed by atoms with van der Waals surface area (Å²) in [5, 5.41) is 9.52. The third-order valence-corrected chi connectivity index (χ3v) is 2.82. The number of ether oxygens (including phenoxy) is 1. The molecular formula is C14H16FN3O2. The van der Waals surface area contributed by atoms with Gasteiger partial charge >= 0.3 is 0 Å². The van der Waals surface area contributed by atoms with Gasteiger partial charge in [-0.25, -0.2) is 9.49 Å². The van der Waals surface area contributed by atoms with Crippen molar-refractivity contribution in [1.29, 1.82) is 0 Å². The number of H-pyrrole nitrogens is 1. The van der Waals surface area contributed by atoms with Gasteiger partial charge in [-0.3, -0.25) is 4.79 Å². The molecule has 0 aliphatic carbocycles. The molecule has 2 aromatic rings. The second kappa shape index (κ2) is 6.93. The van der Waals surface area contributed by atoms with E-state index in [-0.39, 0.29) is 11.4 Å². The van der Waals surface area contributed by atoms with Crippen LogP contribution in [0.3, 0.4) is 0 Å². The predicted octanol–water partition coefficient (Wildman–Crippen LogP) is 1.31. The molecule has 20 heavy (non-hydrogen) atoms. The average Bonchev–Trinajstić information content (AvgIpc) is 2.46. The van der Waals surface area contributed by atoms with Gasteiger partial charge < -0.3 is 10.1 Å². The Bertz CT molecular complexity index is 611. The number of benzene rings is 1. The summed E-state index contributed by atoms with van der Waals surface area (Å²) >= 11 is 0. The Balaban J connectivity index is 2.15. The van der Waals surface area contributed by atoms with Crippen molar-refractivity contribution in [2.24, 2.45) is 0 Å². The van der Waals surface area contributed by atoms with Crippen molar-refractivity contribution in [2.45, 2.75) is 6.54 Å². The largest absolute Gasteiger partial charge is 0.383 e. The topological polar surface area (TPSA) is 67.0 Å². The Morgan fingerprint density at radius 1 is 1.35 bits per heavy atom. The molecule has 0 saturated carbocycles. The Kier molecular flexibility index (Phi) is 4.97. The third-order valence-electron chi connectivity index (χ3n) is 2.82. The molecule has 1 aromatic carbocycles. The molecular weight excluding hydrogens is 261 g/mol. The zero-order valence-electron chi connectivity index (χ0n) is 11.1. The van der Waals surface area contributed by atoms with Crippen molar-refractivity contribution in [3.05, 3.63) is 52.1 Å². The second-order valence-electron chi connectivity index (χ2n) is 4.28. The summed E-state index contributed by atoms with van der Waals surface area (Å²) in [6.07, 6.45) is 0.